The normalized spacial score (nSPS) is 16.3. The molecule has 1 aromatic heterocycles. The molecule has 1 N–H and O–H groups in total. The van der Waals surface area contributed by atoms with Gasteiger partial charge in [0, 0.05) is 0 Å². The van der Waals surface area contributed by atoms with Gasteiger partial charge in [-0.25, -0.2) is 4.98 Å². The Morgan fingerprint density at radius 1 is 1.03 bits per heavy atom. The minimum atomic E-state index is -0.770. The van der Waals surface area contributed by atoms with Crippen LogP contribution >= 0.6 is 11.3 Å². The number of hydrogen-bond acceptors (Lipinski definition) is 5. The number of aryl methyl sites for hydroxylation is 1. The van der Waals surface area contributed by atoms with Crippen LogP contribution in [0.5, 0.6) is 0 Å². The first-order valence-corrected chi connectivity index (χ1v) is 11.3. The molecule has 5 nitrogen and oxygen atoms in total. The fourth-order valence-corrected chi connectivity index (χ4v) is 5.04. The molecule has 0 aliphatic carbocycles. The van der Waals surface area contributed by atoms with Gasteiger partial charge >= 0.3 is 0 Å². The van der Waals surface area contributed by atoms with Crippen LogP contribution < -0.4 is 4.90 Å². The molecule has 0 radical (unpaired) electrons. The smallest absolute Gasteiger partial charge is 0.296 e. The highest BCUT2D eigenvalue weighted by Gasteiger charge is 2.45. The van der Waals surface area contributed by atoms with E-state index in [1.807, 2.05) is 85.8 Å². The Kier molecular flexibility index (Phi) is 5.36. The summed E-state index contributed by atoms with van der Waals surface area (Å²) in [6.07, 6.45) is 3.08. The highest BCUT2D eigenvalue weighted by Crippen LogP contribution is 2.43. The highest BCUT2D eigenvalue weighted by atomic mass is 32.1. The minimum Gasteiger partial charge on any atom is -0.503 e. The van der Waals surface area contributed by atoms with Gasteiger partial charge < -0.3 is 5.11 Å². The Morgan fingerprint density at radius 3 is 2.45 bits per heavy atom. The van der Waals surface area contributed by atoms with Crippen LogP contribution in [-0.2, 0) is 9.59 Å². The maximum absolute atomic E-state index is 13.3. The van der Waals surface area contributed by atoms with Crippen molar-refractivity contribution in [3.8, 4) is 0 Å². The third kappa shape index (κ3) is 3.85. The predicted molar refractivity (Wildman–Crippen MR) is 131 cm³/mol. The number of amides is 1. The molecule has 0 bridgehead atoms. The van der Waals surface area contributed by atoms with E-state index in [0.717, 1.165) is 26.9 Å². The van der Waals surface area contributed by atoms with E-state index in [9.17, 15) is 14.7 Å². The molecule has 4 aromatic rings. The molecule has 0 fully saturated rings. The second kappa shape index (κ2) is 8.48. The average Bonchev–Trinajstić information content (AvgIpc) is 3.36. The largest absolute Gasteiger partial charge is 0.503 e. The predicted octanol–water partition coefficient (Wildman–Crippen LogP) is 5.79. The average molecular weight is 453 g/mol. The van der Waals surface area contributed by atoms with Crippen molar-refractivity contribution in [1.82, 2.24) is 4.98 Å². The first-order valence-electron chi connectivity index (χ1n) is 10.5. The van der Waals surface area contributed by atoms with Gasteiger partial charge in [-0.3, -0.25) is 14.5 Å². The molecule has 1 unspecified atom stereocenters. The Balaban J connectivity index is 1.59. The van der Waals surface area contributed by atoms with E-state index in [1.165, 1.54) is 22.3 Å². The monoisotopic (exact) mass is 452 g/mol. The van der Waals surface area contributed by atoms with Crippen LogP contribution in [-0.4, -0.2) is 21.8 Å². The maximum Gasteiger partial charge on any atom is 0.296 e. The number of aliphatic hydroxyl groups is 1. The van der Waals surface area contributed by atoms with Gasteiger partial charge in [-0.2, -0.15) is 0 Å². The summed E-state index contributed by atoms with van der Waals surface area (Å²) in [7, 11) is 0. The van der Waals surface area contributed by atoms with E-state index in [-0.39, 0.29) is 5.57 Å². The number of benzene rings is 3. The SMILES string of the molecule is Cc1ccc2nc(N3C(=O)C(O)=C(C(=O)/C=C/c4ccccc4)C3c3ccccc3)sc2c1. The van der Waals surface area contributed by atoms with Crippen LogP contribution in [0.1, 0.15) is 22.7 Å². The summed E-state index contributed by atoms with van der Waals surface area (Å²) >= 11 is 1.36. The quantitative estimate of drug-likeness (QED) is 0.389. The fourth-order valence-electron chi connectivity index (χ4n) is 3.95. The number of rotatable bonds is 5. The van der Waals surface area contributed by atoms with Gasteiger partial charge in [0.2, 0.25) is 0 Å². The molecule has 1 atom stereocenters. The van der Waals surface area contributed by atoms with Gasteiger partial charge in [-0.15, -0.1) is 0 Å². The number of aromatic nitrogens is 1. The van der Waals surface area contributed by atoms with E-state index in [0.29, 0.717) is 5.13 Å². The molecule has 6 heteroatoms. The number of allylic oxidation sites excluding steroid dienone is 1. The standard InChI is InChI=1S/C27H20N2O3S/c1-17-12-14-20-22(16-17)33-27(28-20)29-24(19-10-6-3-7-11-19)23(25(31)26(29)32)21(30)15-13-18-8-4-2-5-9-18/h2-16,24,31H,1H3/b15-13+. The number of thiazole rings is 1. The van der Waals surface area contributed by atoms with Gasteiger partial charge in [0.1, 0.15) is 0 Å². The van der Waals surface area contributed by atoms with Gasteiger partial charge in [-0.1, -0.05) is 84.1 Å². The molecule has 1 amide bonds. The van der Waals surface area contributed by atoms with Crippen LogP contribution in [0.3, 0.4) is 0 Å². The van der Waals surface area contributed by atoms with Gasteiger partial charge in [-0.05, 0) is 41.8 Å². The van der Waals surface area contributed by atoms with E-state index in [1.54, 1.807) is 6.08 Å². The lowest BCUT2D eigenvalue weighted by molar-refractivity contribution is -0.117. The van der Waals surface area contributed by atoms with Gasteiger partial charge in [0.25, 0.3) is 5.91 Å². The Bertz CT molecular complexity index is 1420. The van der Waals surface area contributed by atoms with Crippen molar-refractivity contribution < 1.29 is 14.7 Å². The van der Waals surface area contributed by atoms with E-state index >= 15 is 0 Å². The Morgan fingerprint density at radius 2 is 1.73 bits per heavy atom. The number of nitrogens with zero attached hydrogens (tertiary/aromatic N) is 2. The molecule has 2 heterocycles. The zero-order valence-electron chi connectivity index (χ0n) is 17.8. The zero-order valence-corrected chi connectivity index (χ0v) is 18.6. The van der Waals surface area contributed by atoms with Crippen molar-refractivity contribution in [2.24, 2.45) is 0 Å². The first kappa shape index (κ1) is 20.8. The Labute approximate surface area is 194 Å². The molecule has 1 aliphatic rings. The lowest BCUT2D eigenvalue weighted by Crippen LogP contribution is -2.30. The van der Waals surface area contributed by atoms with Crippen molar-refractivity contribution in [1.29, 1.82) is 0 Å². The number of fused-ring (bicyclic) bond motifs is 1. The van der Waals surface area contributed by atoms with Crippen molar-refractivity contribution >= 4 is 44.5 Å². The summed E-state index contributed by atoms with van der Waals surface area (Å²) in [6, 6.07) is 23.8. The van der Waals surface area contributed by atoms with E-state index < -0.39 is 23.5 Å². The molecule has 0 saturated carbocycles. The lowest BCUT2D eigenvalue weighted by Gasteiger charge is -2.24. The number of aliphatic hydroxyl groups excluding tert-OH is 1. The second-order valence-electron chi connectivity index (χ2n) is 7.83. The van der Waals surface area contributed by atoms with Crippen molar-refractivity contribution in [3.63, 3.8) is 0 Å². The zero-order chi connectivity index (χ0) is 22.9. The molecule has 0 saturated heterocycles. The molecule has 5 rings (SSSR count). The lowest BCUT2D eigenvalue weighted by atomic mass is 9.96. The van der Waals surface area contributed by atoms with Crippen LogP contribution in [0.2, 0.25) is 0 Å². The third-order valence-corrected chi connectivity index (χ3v) is 6.57. The molecule has 162 valence electrons. The maximum atomic E-state index is 13.3. The first-order chi connectivity index (χ1) is 16.0. The molecule has 3 aromatic carbocycles. The molecular formula is C27H20N2O3S. The van der Waals surface area contributed by atoms with Crippen molar-refractivity contribution in [2.45, 2.75) is 13.0 Å². The van der Waals surface area contributed by atoms with Crippen LogP contribution in [0, 0.1) is 6.92 Å². The number of anilines is 1. The van der Waals surface area contributed by atoms with Gasteiger partial charge in [0.15, 0.2) is 16.7 Å². The second-order valence-corrected chi connectivity index (χ2v) is 8.84. The van der Waals surface area contributed by atoms with Crippen molar-refractivity contribution in [3.05, 3.63) is 113 Å². The van der Waals surface area contributed by atoms with E-state index in [2.05, 4.69) is 4.98 Å². The van der Waals surface area contributed by atoms with Crippen LogP contribution in [0.25, 0.3) is 16.3 Å². The number of ketones is 1. The van der Waals surface area contributed by atoms with E-state index in [4.69, 9.17) is 0 Å². The fraction of sp³-hybridized carbons (Fsp3) is 0.0741. The molecule has 0 spiro atoms. The van der Waals surface area contributed by atoms with Crippen LogP contribution in [0.15, 0.2) is 96.3 Å². The van der Waals surface area contributed by atoms with Gasteiger partial charge in [0.05, 0.1) is 21.8 Å². The van der Waals surface area contributed by atoms with Crippen LogP contribution in [0.4, 0.5) is 5.13 Å². The molecule has 1 aliphatic heterocycles. The summed E-state index contributed by atoms with van der Waals surface area (Å²) < 4.78 is 0.938. The highest BCUT2D eigenvalue weighted by molar-refractivity contribution is 7.22. The summed E-state index contributed by atoms with van der Waals surface area (Å²) in [4.78, 5) is 32.5. The van der Waals surface area contributed by atoms with Crippen molar-refractivity contribution in [2.75, 3.05) is 4.90 Å². The summed E-state index contributed by atoms with van der Waals surface area (Å²) in [5.74, 6) is -1.59. The number of hydrogen-bond donors (Lipinski definition) is 1. The third-order valence-electron chi connectivity index (χ3n) is 5.55. The molecular weight excluding hydrogens is 432 g/mol. The number of carbonyl (C=O) groups is 2. The summed E-state index contributed by atoms with van der Waals surface area (Å²) in [6.45, 7) is 2.00. The Hall–Kier alpha value is -4.03. The number of carbonyl (C=O) groups excluding carboxylic acids is 2. The molecule has 33 heavy (non-hydrogen) atoms. The summed E-state index contributed by atoms with van der Waals surface area (Å²) in [5, 5.41) is 11.3. The topological polar surface area (TPSA) is 70.5 Å². The summed E-state index contributed by atoms with van der Waals surface area (Å²) in [5.41, 5.74) is 3.48. The minimum absolute atomic E-state index is 0.0498.